The highest BCUT2D eigenvalue weighted by Crippen LogP contribution is 2.22. The van der Waals surface area contributed by atoms with E-state index in [9.17, 15) is 4.79 Å². The lowest BCUT2D eigenvalue weighted by Crippen LogP contribution is -2.27. The number of ether oxygens (including phenoxy) is 1. The molecule has 1 fully saturated rings. The molecule has 1 aromatic heterocycles. The SMILES string of the molecule is CNC(=O)c1cccnc1N1CCC(OC)C1. The van der Waals surface area contributed by atoms with Crippen LogP contribution < -0.4 is 10.2 Å². The molecule has 0 bridgehead atoms. The van der Waals surface area contributed by atoms with Gasteiger partial charge in [0.2, 0.25) is 0 Å². The smallest absolute Gasteiger partial charge is 0.254 e. The van der Waals surface area contributed by atoms with Gasteiger partial charge in [0, 0.05) is 33.4 Å². The third-order valence-electron chi connectivity index (χ3n) is 3.04. The van der Waals surface area contributed by atoms with Gasteiger partial charge in [-0.3, -0.25) is 4.79 Å². The van der Waals surface area contributed by atoms with Crippen molar-refractivity contribution in [3.05, 3.63) is 23.9 Å². The minimum Gasteiger partial charge on any atom is -0.380 e. The molecular weight excluding hydrogens is 218 g/mol. The van der Waals surface area contributed by atoms with Gasteiger partial charge in [-0.05, 0) is 18.6 Å². The first-order valence-corrected chi connectivity index (χ1v) is 5.71. The highest BCUT2D eigenvalue weighted by molar-refractivity contribution is 5.98. The van der Waals surface area contributed by atoms with Crippen molar-refractivity contribution in [3.63, 3.8) is 0 Å². The second-order valence-electron chi connectivity index (χ2n) is 4.05. The Labute approximate surface area is 101 Å². The summed E-state index contributed by atoms with van der Waals surface area (Å²) in [4.78, 5) is 18.1. The molecule has 0 saturated carbocycles. The van der Waals surface area contributed by atoms with Crippen LogP contribution in [-0.2, 0) is 4.74 Å². The van der Waals surface area contributed by atoms with E-state index in [-0.39, 0.29) is 12.0 Å². The van der Waals surface area contributed by atoms with Crippen LogP contribution in [0.15, 0.2) is 18.3 Å². The maximum absolute atomic E-state index is 11.7. The Bertz CT molecular complexity index is 408. The minimum atomic E-state index is -0.103. The summed E-state index contributed by atoms with van der Waals surface area (Å²) in [6.07, 6.45) is 2.91. The number of carbonyl (C=O) groups excluding carboxylic acids is 1. The van der Waals surface area contributed by atoms with Gasteiger partial charge in [-0.1, -0.05) is 0 Å². The number of pyridine rings is 1. The molecule has 92 valence electrons. The summed E-state index contributed by atoms with van der Waals surface area (Å²) in [6.45, 7) is 1.66. The predicted molar refractivity (Wildman–Crippen MR) is 65.3 cm³/mol. The van der Waals surface area contributed by atoms with Gasteiger partial charge in [-0.25, -0.2) is 4.98 Å². The average Bonchev–Trinajstić information content (AvgIpc) is 2.86. The summed E-state index contributed by atoms with van der Waals surface area (Å²) in [5.74, 6) is 0.639. The quantitative estimate of drug-likeness (QED) is 0.836. The van der Waals surface area contributed by atoms with Gasteiger partial charge in [0.05, 0.1) is 11.7 Å². The Kier molecular flexibility index (Phi) is 3.58. The van der Waals surface area contributed by atoms with E-state index in [2.05, 4.69) is 15.2 Å². The van der Waals surface area contributed by atoms with Gasteiger partial charge in [-0.15, -0.1) is 0 Å². The van der Waals surface area contributed by atoms with Gasteiger partial charge in [0.25, 0.3) is 5.91 Å². The van der Waals surface area contributed by atoms with E-state index in [0.717, 1.165) is 25.3 Å². The van der Waals surface area contributed by atoms with Crippen molar-refractivity contribution in [2.24, 2.45) is 0 Å². The van der Waals surface area contributed by atoms with Crippen molar-refractivity contribution in [1.29, 1.82) is 0 Å². The number of nitrogens with one attached hydrogen (secondary N) is 1. The van der Waals surface area contributed by atoms with Crippen LogP contribution in [0.25, 0.3) is 0 Å². The summed E-state index contributed by atoms with van der Waals surface area (Å²) >= 11 is 0. The second kappa shape index (κ2) is 5.14. The molecule has 1 atom stereocenters. The lowest BCUT2D eigenvalue weighted by Gasteiger charge is -2.19. The van der Waals surface area contributed by atoms with E-state index < -0.39 is 0 Å². The molecule has 0 radical (unpaired) electrons. The number of nitrogens with zero attached hydrogens (tertiary/aromatic N) is 2. The highest BCUT2D eigenvalue weighted by atomic mass is 16.5. The number of amides is 1. The normalized spacial score (nSPS) is 19.4. The molecule has 1 N–H and O–H groups in total. The van der Waals surface area contributed by atoms with E-state index in [1.165, 1.54) is 0 Å². The fourth-order valence-electron chi connectivity index (χ4n) is 2.07. The molecule has 5 nitrogen and oxygen atoms in total. The van der Waals surface area contributed by atoms with E-state index in [1.54, 1.807) is 32.5 Å². The van der Waals surface area contributed by atoms with Crippen molar-refractivity contribution in [2.45, 2.75) is 12.5 Å². The molecule has 2 heterocycles. The molecule has 1 aliphatic rings. The summed E-state index contributed by atoms with van der Waals surface area (Å²) < 4.78 is 5.32. The van der Waals surface area contributed by atoms with Gasteiger partial charge in [0.15, 0.2) is 0 Å². The number of rotatable bonds is 3. The Balaban J connectivity index is 2.23. The van der Waals surface area contributed by atoms with Crippen LogP contribution in [0.2, 0.25) is 0 Å². The Hall–Kier alpha value is -1.62. The van der Waals surface area contributed by atoms with Gasteiger partial charge < -0.3 is 15.0 Å². The average molecular weight is 235 g/mol. The molecule has 1 aromatic rings. The van der Waals surface area contributed by atoms with Crippen LogP contribution in [0.4, 0.5) is 5.82 Å². The van der Waals surface area contributed by atoms with Crippen LogP contribution in [0.3, 0.4) is 0 Å². The van der Waals surface area contributed by atoms with Crippen molar-refractivity contribution in [2.75, 3.05) is 32.1 Å². The Morgan fingerprint density at radius 2 is 2.47 bits per heavy atom. The Morgan fingerprint density at radius 3 is 3.12 bits per heavy atom. The molecule has 2 rings (SSSR count). The molecule has 1 unspecified atom stereocenters. The molecule has 0 aliphatic carbocycles. The van der Waals surface area contributed by atoms with E-state index in [4.69, 9.17) is 4.74 Å². The molecular formula is C12H17N3O2. The largest absolute Gasteiger partial charge is 0.380 e. The molecule has 1 saturated heterocycles. The topological polar surface area (TPSA) is 54.5 Å². The number of carbonyl (C=O) groups is 1. The zero-order chi connectivity index (χ0) is 12.3. The van der Waals surface area contributed by atoms with Crippen molar-refractivity contribution in [3.8, 4) is 0 Å². The standard InChI is InChI=1S/C12H17N3O2/c1-13-12(16)10-4-3-6-14-11(10)15-7-5-9(8-15)17-2/h3-4,6,9H,5,7-8H2,1-2H3,(H,13,16). The number of hydrogen-bond acceptors (Lipinski definition) is 4. The van der Waals surface area contributed by atoms with E-state index >= 15 is 0 Å². The van der Waals surface area contributed by atoms with Gasteiger partial charge in [0.1, 0.15) is 5.82 Å². The van der Waals surface area contributed by atoms with Crippen LogP contribution >= 0.6 is 0 Å². The first-order chi connectivity index (χ1) is 8.26. The highest BCUT2D eigenvalue weighted by Gasteiger charge is 2.26. The third kappa shape index (κ3) is 2.39. The molecule has 1 aliphatic heterocycles. The van der Waals surface area contributed by atoms with Crippen LogP contribution in [0.1, 0.15) is 16.8 Å². The maximum Gasteiger partial charge on any atom is 0.254 e. The first-order valence-electron chi connectivity index (χ1n) is 5.71. The predicted octanol–water partition coefficient (Wildman–Crippen LogP) is 0.666. The zero-order valence-electron chi connectivity index (χ0n) is 10.1. The van der Waals surface area contributed by atoms with Crippen molar-refractivity contribution < 1.29 is 9.53 Å². The van der Waals surface area contributed by atoms with Crippen molar-refractivity contribution >= 4 is 11.7 Å². The third-order valence-corrected chi connectivity index (χ3v) is 3.04. The molecule has 5 heteroatoms. The lowest BCUT2D eigenvalue weighted by molar-refractivity contribution is 0.0963. The fourth-order valence-corrected chi connectivity index (χ4v) is 2.07. The molecule has 17 heavy (non-hydrogen) atoms. The molecule has 1 amide bonds. The lowest BCUT2D eigenvalue weighted by atomic mass is 10.2. The monoisotopic (exact) mass is 235 g/mol. The number of methoxy groups -OCH3 is 1. The van der Waals surface area contributed by atoms with E-state index in [1.807, 2.05) is 0 Å². The Morgan fingerprint density at radius 1 is 1.65 bits per heavy atom. The number of hydrogen-bond donors (Lipinski definition) is 1. The summed E-state index contributed by atoms with van der Waals surface area (Å²) in [5.41, 5.74) is 0.617. The summed E-state index contributed by atoms with van der Waals surface area (Å²) in [5, 5.41) is 2.63. The number of anilines is 1. The summed E-state index contributed by atoms with van der Waals surface area (Å²) in [6, 6.07) is 3.57. The molecule has 0 spiro atoms. The van der Waals surface area contributed by atoms with Crippen LogP contribution in [0, 0.1) is 0 Å². The van der Waals surface area contributed by atoms with Crippen molar-refractivity contribution in [1.82, 2.24) is 10.3 Å². The van der Waals surface area contributed by atoms with Gasteiger partial charge in [-0.2, -0.15) is 0 Å². The second-order valence-corrected chi connectivity index (χ2v) is 4.05. The fraction of sp³-hybridized carbons (Fsp3) is 0.500. The first kappa shape index (κ1) is 11.9. The van der Waals surface area contributed by atoms with Crippen LogP contribution in [0.5, 0.6) is 0 Å². The summed E-state index contributed by atoms with van der Waals surface area (Å²) in [7, 11) is 3.34. The van der Waals surface area contributed by atoms with Gasteiger partial charge >= 0.3 is 0 Å². The van der Waals surface area contributed by atoms with E-state index in [0.29, 0.717) is 5.56 Å². The zero-order valence-corrected chi connectivity index (χ0v) is 10.1. The van der Waals surface area contributed by atoms with Crippen LogP contribution in [-0.4, -0.2) is 44.2 Å². The number of aromatic nitrogens is 1. The maximum atomic E-state index is 11.7. The minimum absolute atomic E-state index is 0.103. The molecule has 0 aromatic carbocycles.